The second-order valence-corrected chi connectivity index (χ2v) is 10.9. The first-order valence-electron chi connectivity index (χ1n) is 10.9. The normalized spacial score (nSPS) is 11.4. The van der Waals surface area contributed by atoms with E-state index in [9.17, 15) is 17.6 Å². The lowest BCUT2D eigenvalue weighted by Gasteiger charge is -2.10. The van der Waals surface area contributed by atoms with Crippen molar-refractivity contribution in [2.45, 2.75) is 16.3 Å². The minimum atomic E-state index is -3.80. The van der Waals surface area contributed by atoms with Gasteiger partial charge < -0.3 is 10.1 Å². The fourth-order valence-corrected chi connectivity index (χ4v) is 5.77. The highest BCUT2D eigenvalue weighted by atomic mass is 32.2. The molecule has 0 saturated heterocycles. The average Bonchev–Trinajstić information content (AvgIpc) is 3.34. The van der Waals surface area contributed by atoms with Crippen LogP contribution in [-0.4, -0.2) is 19.3 Å². The Labute approximate surface area is 210 Å². The predicted molar refractivity (Wildman–Crippen MR) is 136 cm³/mol. The molecule has 36 heavy (non-hydrogen) atoms. The van der Waals surface area contributed by atoms with E-state index < -0.39 is 9.84 Å². The number of rotatable bonds is 7. The van der Waals surface area contributed by atoms with E-state index in [0.717, 1.165) is 15.6 Å². The van der Waals surface area contributed by atoms with Crippen LogP contribution in [0.2, 0.25) is 0 Å². The molecular weight excluding hydrogens is 499 g/mol. The number of benzene rings is 3. The van der Waals surface area contributed by atoms with Crippen LogP contribution in [-0.2, 0) is 16.4 Å². The zero-order valence-corrected chi connectivity index (χ0v) is 20.4. The molecule has 0 spiro atoms. The Morgan fingerprint density at radius 3 is 2.44 bits per heavy atom. The summed E-state index contributed by atoms with van der Waals surface area (Å²) in [4.78, 5) is 17.4. The zero-order chi connectivity index (χ0) is 25.1. The Morgan fingerprint density at radius 1 is 0.917 bits per heavy atom. The molecule has 0 aliphatic heterocycles. The Morgan fingerprint density at radius 2 is 1.69 bits per heavy atom. The van der Waals surface area contributed by atoms with E-state index in [-0.39, 0.29) is 28.1 Å². The second-order valence-electron chi connectivity index (χ2n) is 7.89. The molecule has 3 aromatic carbocycles. The number of amides is 1. The molecule has 0 unspecified atom stereocenters. The maximum Gasteiger partial charge on any atom is 0.261 e. The van der Waals surface area contributed by atoms with Gasteiger partial charge in [-0.15, -0.1) is 11.3 Å². The largest absolute Gasteiger partial charge is 0.457 e. The number of hydrogen-bond donors (Lipinski definition) is 1. The summed E-state index contributed by atoms with van der Waals surface area (Å²) in [5.74, 6) is 0.119. The lowest BCUT2D eigenvalue weighted by Crippen LogP contribution is -2.21. The van der Waals surface area contributed by atoms with Crippen LogP contribution in [0.4, 0.5) is 4.39 Å². The highest BCUT2D eigenvalue weighted by Crippen LogP contribution is 2.28. The van der Waals surface area contributed by atoms with Gasteiger partial charge in [0, 0.05) is 18.9 Å². The van der Waals surface area contributed by atoms with Crippen LogP contribution in [0.5, 0.6) is 11.5 Å². The number of nitrogens with one attached hydrogen (secondary N) is 1. The number of fused-ring (bicyclic) bond motifs is 1. The molecule has 0 fully saturated rings. The molecule has 1 N–H and O–H groups in total. The molecule has 180 valence electrons. The van der Waals surface area contributed by atoms with Crippen LogP contribution in [0.25, 0.3) is 10.1 Å². The Bertz CT molecular complexity index is 1610. The van der Waals surface area contributed by atoms with Crippen LogP contribution in [0.1, 0.15) is 15.2 Å². The minimum absolute atomic E-state index is 0.0717. The van der Waals surface area contributed by atoms with Crippen molar-refractivity contribution in [1.29, 1.82) is 0 Å². The number of thiophene rings is 1. The first-order chi connectivity index (χ1) is 17.4. The van der Waals surface area contributed by atoms with Gasteiger partial charge in [-0.25, -0.2) is 12.8 Å². The van der Waals surface area contributed by atoms with Crippen molar-refractivity contribution in [3.8, 4) is 11.5 Å². The number of hydrogen-bond acceptors (Lipinski definition) is 6. The number of nitrogens with zero attached hydrogens (tertiary/aromatic N) is 1. The van der Waals surface area contributed by atoms with Gasteiger partial charge in [0.05, 0.1) is 19.4 Å². The zero-order valence-electron chi connectivity index (χ0n) is 18.7. The van der Waals surface area contributed by atoms with E-state index in [0.29, 0.717) is 16.4 Å². The van der Waals surface area contributed by atoms with Gasteiger partial charge in [0.1, 0.15) is 17.3 Å². The van der Waals surface area contributed by atoms with Crippen LogP contribution in [0, 0.1) is 5.82 Å². The van der Waals surface area contributed by atoms with Crippen LogP contribution in [0.15, 0.2) is 107 Å². The predicted octanol–water partition coefficient (Wildman–Crippen LogP) is 5.99. The maximum absolute atomic E-state index is 13.2. The fraction of sp³-hybridized carbons (Fsp3) is 0.0370. The third-order valence-corrected chi connectivity index (χ3v) is 8.25. The molecular formula is C27H19FN2O4S2. The quantitative estimate of drug-likeness (QED) is 0.286. The molecule has 9 heteroatoms. The van der Waals surface area contributed by atoms with Crippen LogP contribution in [0.3, 0.4) is 0 Å². The van der Waals surface area contributed by atoms with E-state index in [4.69, 9.17) is 4.74 Å². The minimum Gasteiger partial charge on any atom is -0.457 e. The van der Waals surface area contributed by atoms with Crippen molar-refractivity contribution in [3.63, 3.8) is 0 Å². The first-order valence-corrected chi connectivity index (χ1v) is 13.2. The topological polar surface area (TPSA) is 85.4 Å². The van der Waals surface area contributed by atoms with E-state index in [1.165, 1.54) is 59.9 Å². The number of carbonyl (C=O) groups is 1. The number of carbonyl (C=O) groups excluding carboxylic acids is 1. The van der Waals surface area contributed by atoms with Gasteiger partial charge >= 0.3 is 0 Å². The number of ether oxygens (including phenoxy) is 1. The molecule has 0 aliphatic carbocycles. The fourth-order valence-electron chi connectivity index (χ4n) is 3.53. The van der Waals surface area contributed by atoms with Crippen molar-refractivity contribution in [1.82, 2.24) is 10.3 Å². The van der Waals surface area contributed by atoms with Crippen molar-refractivity contribution < 1.29 is 22.3 Å². The molecule has 0 aliphatic rings. The summed E-state index contributed by atoms with van der Waals surface area (Å²) in [7, 11) is -3.80. The first kappa shape index (κ1) is 23.7. The number of halogens is 1. The highest BCUT2D eigenvalue weighted by Gasteiger charge is 2.19. The molecule has 0 bridgehead atoms. The van der Waals surface area contributed by atoms with E-state index in [1.54, 1.807) is 36.7 Å². The Kier molecular flexibility index (Phi) is 6.49. The van der Waals surface area contributed by atoms with Gasteiger partial charge in [-0.2, -0.15) is 0 Å². The Hall–Kier alpha value is -4.08. The summed E-state index contributed by atoms with van der Waals surface area (Å²) >= 11 is 1.37. The molecule has 0 radical (unpaired) electrons. The van der Waals surface area contributed by atoms with Crippen molar-refractivity contribution >= 4 is 37.2 Å². The van der Waals surface area contributed by atoms with Gasteiger partial charge in [-0.3, -0.25) is 9.78 Å². The molecule has 6 nitrogen and oxygen atoms in total. The van der Waals surface area contributed by atoms with Gasteiger partial charge in [0.25, 0.3) is 5.91 Å². The SMILES string of the molecule is O=C(NCc1ccc(S(=O)(=O)c2cccc(Oc3ccc(F)cc3)c2)cc1)c1cc2ccncc2s1. The Balaban J connectivity index is 1.26. The average molecular weight is 519 g/mol. The molecule has 5 aromatic rings. The van der Waals surface area contributed by atoms with Crippen molar-refractivity contribution in [2.75, 3.05) is 0 Å². The summed E-state index contributed by atoms with van der Waals surface area (Å²) in [5.41, 5.74) is 0.762. The molecule has 5 rings (SSSR count). The van der Waals surface area contributed by atoms with Crippen molar-refractivity contribution in [2.24, 2.45) is 0 Å². The summed E-state index contributed by atoms with van der Waals surface area (Å²) in [6, 6.07) is 21.6. The molecule has 2 aromatic heterocycles. The molecule has 1 amide bonds. The molecule has 0 saturated carbocycles. The van der Waals surface area contributed by atoms with Crippen molar-refractivity contribution in [3.05, 3.63) is 114 Å². The van der Waals surface area contributed by atoms with Gasteiger partial charge in [-0.1, -0.05) is 18.2 Å². The van der Waals surface area contributed by atoms with Gasteiger partial charge in [0.2, 0.25) is 9.84 Å². The second kappa shape index (κ2) is 9.88. The number of sulfone groups is 1. The van der Waals surface area contributed by atoms with Gasteiger partial charge in [0.15, 0.2) is 0 Å². The van der Waals surface area contributed by atoms with Crippen LogP contribution < -0.4 is 10.1 Å². The molecule has 2 heterocycles. The lowest BCUT2D eigenvalue weighted by molar-refractivity contribution is 0.0955. The summed E-state index contributed by atoms with van der Waals surface area (Å²) < 4.78 is 46.0. The number of aromatic nitrogens is 1. The third kappa shape index (κ3) is 5.12. The highest BCUT2D eigenvalue weighted by molar-refractivity contribution is 7.91. The standard InChI is InChI=1S/C27H19FN2O4S2/c28-20-6-8-21(9-7-20)34-22-2-1-3-24(15-22)36(32,33)23-10-4-18(5-11-23)16-30-27(31)25-14-19-12-13-29-17-26(19)35-25/h1-15,17H,16H2,(H,30,31). The van der Waals surface area contributed by atoms with E-state index in [2.05, 4.69) is 10.3 Å². The molecule has 0 atom stereocenters. The maximum atomic E-state index is 13.2. The van der Waals surface area contributed by atoms with Crippen LogP contribution >= 0.6 is 11.3 Å². The smallest absolute Gasteiger partial charge is 0.261 e. The monoisotopic (exact) mass is 518 g/mol. The third-order valence-electron chi connectivity index (χ3n) is 5.40. The van der Waals surface area contributed by atoms with Gasteiger partial charge in [-0.05, 0) is 77.7 Å². The lowest BCUT2D eigenvalue weighted by atomic mass is 10.2. The summed E-state index contributed by atoms with van der Waals surface area (Å²) in [6.45, 7) is 0.257. The summed E-state index contributed by atoms with van der Waals surface area (Å²) in [5, 5.41) is 3.82. The summed E-state index contributed by atoms with van der Waals surface area (Å²) in [6.07, 6.45) is 3.40. The van der Waals surface area contributed by atoms with E-state index in [1.807, 2.05) is 12.1 Å². The number of pyridine rings is 1. The van der Waals surface area contributed by atoms with E-state index >= 15 is 0 Å².